The monoisotopic (exact) mass is 244 g/mol. The third-order valence-corrected chi connectivity index (χ3v) is 5.16. The number of pyridine rings is 1. The molecule has 2 fully saturated rings. The number of rotatable bonds is 3. The van der Waals surface area contributed by atoms with Gasteiger partial charge >= 0.3 is 0 Å². The van der Waals surface area contributed by atoms with Crippen molar-refractivity contribution in [3.63, 3.8) is 0 Å². The van der Waals surface area contributed by atoms with Crippen molar-refractivity contribution in [3.8, 4) is 0 Å². The Morgan fingerprint density at radius 1 is 1.28 bits per heavy atom. The van der Waals surface area contributed by atoms with Crippen LogP contribution in [0.4, 0.5) is 0 Å². The van der Waals surface area contributed by atoms with Gasteiger partial charge in [0.2, 0.25) is 0 Å². The molecule has 2 saturated carbocycles. The summed E-state index contributed by atoms with van der Waals surface area (Å²) in [4.78, 5) is 4.22. The van der Waals surface area contributed by atoms with Gasteiger partial charge < -0.3 is 5.32 Å². The lowest BCUT2D eigenvalue weighted by Crippen LogP contribution is -2.54. The van der Waals surface area contributed by atoms with Crippen LogP contribution in [-0.2, 0) is 0 Å². The van der Waals surface area contributed by atoms with E-state index < -0.39 is 0 Å². The lowest BCUT2D eigenvalue weighted by atomic mass is 9.57. The fourth-order valence-corrected chi connectivity index (χ4v) is 3.84. The first kappa shape index (κ1) is 12.2. The van der Waals surface area contributed by atoms with Gasteiger partial charge in [0.05, 0.1) is 0 Å². The molecule has 2 aliphatic carbocycles. The molecule has 2 atom stereocenters. The molecule has 1 N–H and O–H groups in total. The summed E-state index contributed by atoms with van der Waals surface area (Å²) in [7, 11) is 0. The molecule has 98 valence electrons. The Kier molecular flexibility index (Phi) is 3.38. The maximum absolute atomic E-state index is 4.22. The minimum atomic E-state index is 0.433. The Bertz CT molecular complexity index is 381. The summed E-state index contributed by atoms with van der Waals surface area (Å²) in [5, 5.41) is 3.85. The fourth-order valence-electron chi connectivity index (χ4n) is 3.84. The number of hydrogen-bond acceptors (Lipinski definition) is 2. The van der Waals surface area contributed by atoms with Crippen molar-refractivity contribution in [2.24, 2.45) is 5.41 Å². The van der Waals surface area contributed by atoms with Crippen LogP contribution in [-0.4, -0.2) is 11.0 Å². The van der Waals surface area contributed by atoms with Crippen LogP contribution >= 0.6 is 0 Å². The van der Waals surface area contributed by atoms with Gasteiger partial charge in [-0.15, -0.1) is 0 Å². The van der Waals surface area contributed by atoms with Gasteiger partial charge in [-0.1, -0.05) is 25.3 Å². The fraction of sp³-hybridized carbons (Fsp3) is 0.688. The summed E-state index contributed by atoms with van der Waals surface area (Å²) in [6.45, 7) is 2.27. The topological polar surface area (TPSA) is 24.9 Å². The first-order valence-corrected chi connectivity index (χ1v) is 7.46. The van der Waals surface area contributed by atoms with Gasteiger partial charge in [-0.2, -0.15) is 0 Å². The first-order chi connectivity index (χ1) is 8.80. The highest BCUT2D eigenvalue weighted by atomic mass is 15.0. The predicted molar refractivity (Wildman–Crippen MR) is 74.3 cm³/mol. The summed E-state index contributed by atoms with van der Waals surface area (Å²) in [6.07, 6.45) is 13.9. The quantitative estimate of drug-likeness (QED) is 0.873. The van der Waals surface area contributed by atoms with Crippen LogP contribution in [0.25, 0.3) is 0 Å². The van der Waals surface area contributed by atoms with E-state index in [9.17, 15) is 0 Å². The smallest absolute Gasteiger partial charge is 0.0315 e. The molecule has 0 amide bonds. The van der Waals surface area contributed by atoms with Gasteiger partial charge in [0.1, 0.15) is 0 Å². The largest absolute Gasteiger partial charge is 0.307 e. The van der Waals surface area contributed by atoms with Gasteiger partial charge in [-0.3, -0.25) is 4.98 Å². The lowest BCUT2D eigenvalue weighted by Gasteiger charge is -2.53. The van der Waals surface area contributed by atoms with Crippen LogP contribution in [0.1, 0.15) is 63.5 Å². The van der Waals surface area contributed by atoms with E-state index in [2.05, 4.69) is 23.3 Å². The lowest BCUT2D eigenvalue weighted by molar-refractivity contribution is 0.0174. The second-order valence-corrected chi connectivity index (χ2v) is 6.19. The predicted octanol–water partition coefficient (Wildman–Crippen LogP) is 3.85. The Morgan fingerprint density at radius 2 is 2.11 bits per heavy atom. The summed E-state index contributed by atoms with van der Waals surface area (Å²) < 4.78 is 0. The summed E-state index contributed by atoms with van der Waals surface area (Å²) in [6, 6.07) is 5.39. The van der Waals surface area contributed by atoms with Gasteiger partial charge in [-0.05, 0) is 49.7 Å². The minimum absolute atomic E-state index is 0.433. The van der Waals surface area contributed by atoms with Crippen LogP contribution in [0, 0.1) is 5.41 Å². The van der Waals surface area contributed by atoms with Crippen molar-refractivity contribution < 1.29 is 0 Å². The second-order valence-electron chi connectivity index (χ2n) is 6.19. The zero-order valence-corrected chi connectivity index (χ0v) is 11.4. The normalized spacial score (nSPS) is 27.7. The van der Waals surface area contributed by atoms with Crippen LogP contribution in [0.5, 0.6) is 0 Å². The van der Waals surface area contributed by atoms with E-state index >= 15 is 0 Å². The molecule has 0 aliphatic heterocycles. The summed E-state index contributed by atoms with van der Waals surface area (Å²) >= 11 is 0. The molecule has 0 radical (unpaired) electrons. The molecule has 1 spiro atoms. The van der Waals surface area contributed by atoms with Gasteiger partial charge in [-0.25, -0.2) is 0 Å². The molecular weight excluding hydrogens is 220 g/mol. The highest BCUT2D eigenvalue weighted by Crippen LogP contribution is 2.52. The zero-order chi connectivity index (χ0) is 12.4. The molecule has 18 heavy (non-hydrogen) atoms. The molecule has 2 aliphatic rings. The molecule has 1 unspecified atom stereocenters. The number of nitrogens with zero attached hydrogens (tertiary/aromatic N) is 1. The standard InChI is InChI=1S/C16H24N2/c1-13(14-6-5-11-17-12-14)18-15-7-10-16(15)8-3-2-4-9-16/h5-6,11-13,15,18H,2-4,7-10H2,1H3/t13-,15?/m0/s1. The molecule has 1 aromatic heterocycles. The Balaban J connectivity index is 1.63. The van der Waals surface area contributed by atoms with Gasteiger partial charge in [0.25, 0.3) is 0 Å². The van der Waals surface area contributed by atoms with E-state index in [4.69, 9.17) is 0 Å². The molecular formula is C16H24N2. The van der Waals surface area contributed by atoms with Crippen molar-refractivity contribution in [3.05, 3.63) is 30.1 Å². The van der Waals surface area contributed by atoms with Crippen LogP contribution in [0.3, 0.4) is 0 Å². The average molecular weight is 244 g/mol. The van der Waals surface area contributed by atoms with Crippen molar-refractivity contribution in [1.29, 1.82) is 0 Å². The zero-order valence-electron chi connectivity index (χ0n) is 11.4. The van der Waals surface area contributed by atoms with E-state index in [-0.39, 0.29) is 0 Å². The number of aromatic nitrogens is 1. The average Bonchev–Trinajstić information content (AvgIpc) is 2.45. The van der Waals surface area contributed by atoms with Crippen molar-refractivity contribution in [2.45, 2.75) is 64.0 Å². The van der Waals surface area contributed by atoms with Crippen LogP contribution in [0.2, 0.25) is 0 Å². The summed E-state index contributed by atoms with van der Waals surface area (Å²) in [5.41, 5.74) is 1.96. The van der Waals surface area contributed by atoms with Gasteiger partial charge in [0, 0.05) is 24.5 Å². The van der Waals surface area contributed by atoms with E-state index in [1.807, 2.05) is 18.5 Å². The molecule has 0 aromatic carbocycles. The molecule has 2 nitrogen and oxygen atoms in total. The third kappa shape index (κ3) is 2.18. The number of nitrogens with one attached hydrogen (secondary N) is 1. The van der Waals surface area contributed by atoms with Gasteiger partial charge in [0.15, 0.2) is 0 Å². The van der Waals surface area contributed by atoms with Crippen molar-refractivity contribution in [1.82, 2.24) is 10.3 Å². The molecule has 3 rings (SSSR count). The minimum Gasteiger partial charge on any atom is -0.307 e. The van der Waals surface area contributed by atoms with E-state index in [0.717, 1.165) is 6.04 Å². The molecule has 1 heterocycles. The molecule has 1 aromatic rings. The van der Waals surface area contributed by atoms with Crippen LogP contribution in [0.15, 0.2) is 24.5 Å². The van der Waals surface area contributed by atoms with Crippen LogP contribution < -0.4 is 5.32 Å². The Hall–Kier alpha value is -0.890. The van der Waals surface area contributed by atoms with E-state index in [0.29, 0.717) is 11.5 Å². The molecule has 0 bridgehead atoms. The summed E-state index contributed by atoms with van der Waals surface area (Å²) in [5.74, 6) is 0. The highest BCUT2D eigenvalue weighted by molar-refractivity contribution is 5.14. The van der Waals surface area contributed by atoms with E-state index in [1.54, 1.807) is 0 Å². The Morgan fingerprint density at radius 3 is 2.72 bits per heavy atom. The second kappa shape index (κ2) is 5.00. The third-order valence-electron chi connectivity index (χ3n) is 5.16. The first-order valence-electron chi connectivity index (χ1n) is 7.46. The molecule has 2 heteroatoms. The SMILES string of the molecule is C[C@H](NC1CCC12CCCCC2)c1cccnc1. The number of hydrogen-bond donors (Lipinski definition) is 1. The van der Waals surface area contributed by atoms with E-state index in [1.165, 1.54) is 50.5 Å². The van der Waals surface area contributed by atoms with Crippen molar-refractivity contribution >= 4 is 0 Å². The maximum atomic E-state index is 4.22. The maximum Gasteiger partial charge on any atom is 0.0315 e. The van der Waals surface area contributed by atoms with Crippen molar-refractivity contribution in [2.75, 3.05) is 0 Å². The molecule has 0 saturated heterocycles. The Labute approximate surface area is 110 Å². The highest BCUT2D eigenvalue weighted by Gasteiger charge is 2.46.